The van der Waals surface area contributed by atoms with Gasteiger partial charge in [-0.2, -0.15) is 0 Å². The minimum absolute atomic E-state index is 0.00724. The summed E-state index contributed by atoms with van der Waals surface area (Å²) in [4.78, 5) is 0. The van der Waals surface area contributed by atoms with E-state index in [4.69, 9.17) is 26.8 Å². The first-order valence-corrected chi connectivity index (χ1v) is 7.09. The van der Waals surface area contributed by atoms with E-state index in [1.54, 1.807) is 14.2 Å². The van der Waals surface area contributed by atoms with E-state index in [2.05, 4.69) is 6.92 Å². The van der Waals surface area contributed by atoms with Crippen LogP contribution in [0.4, 0.5) is 0 Å². The highest BCUT2D eigenvalue weighted by atomic mass is 35.5. The molecular weight excluding hydrogens is 262 g/mol. The van der Waals surface area contributed by atoms with Crippen LogP contribution in [0.15, 0.2) is 6.07 Å². The fourth-order valence-corrected chi connectivity index (χ4v) is 3.71. The predicted octanol–water partition coefficient (Wildman–Crippen LogP) is 3.44. The first-order chi connectivity index (χ1) is 9.09. The number of nitrogens with two attached hydrogens (primary N) is 1. The quantitative estimate of drug-likeness (QED) is 0.921. The zero-order chi connectivity index (χ0) is 14.0. The summed E-state index contributed by atoms with van der Waals surface area (Å²) in [5.74, 6) is 1.37. The summed E-state index contributed by atoms with van der Waals surface area (Å²) in [7, 11) is 3.28. The molecule has 1 fully saturated rings. The molecule has 0 unspecified atom stereocenters. The minimum Gasteiger partial charge on any atom is -0.492 e. The van der Waals surface area contributed by atoms with Crippen LogP contribution in [0.5, 0.6) is 11.5 Å². The number of methoxy groups -OCH3 is 2. The molecule has 2 N–H and O–H groups in total. The summed E-state index contributed by atoms with van der Waals surface area (Å²) in [6.07, 6.45) is 4.63. The summed E-state index contributed by atoms with van der Waals surface area (Å²) < 4.78 is 11.0. The highest BCUT2D eigenvalue weighted by Gasteiger charge is 2.39. The maximum Gasteiger partial charge on any atom is 0.179 e. The van der Waals surface area contributed by atoms with Gasteiger partial charge in [-0.3, -0.25) is 0 Å². The molecule has 0 spiro atoms. The van der Waals surface area contributed by atoms with E-state index in [1.165, 1.54) is 18.4 Å². The Morgan fingerprint density at radius 3 is 2.26 bits per heavy atom. The summed E-state index contributed by atoms with van der Waals surface area (Å²) in [6, 6.07) is 1.95. The smallest absolute Gasteiger partial charge is 0.179 e. The van der Waals surface area contributed by atoms with Gasteiger partial charge in [-0.25, -0.2) is 0 Å². The third-order valence-electron chi connectivity index (χ3n) is 4.28. The van der Waals surface area contributed by atoms with Crippen LogP contribution in [-0.4, -0.2) is 20.8 Å². The molecule has 0 amide bonds. The molecule has 1 aromatic carbocycles. The standard InChI is InChI=1S/C15H22ClNO2/c1-10-8-11(16)13(18-2)14(19-3)12(10)15(9-17)6-4-5-7-15/h8H,4-7,9,17H2,1-3H3. The van der Waals surface area contributed by atoms with Crippen molar-refractivity contribution in [1.29, 1.82) is 0 Å². The van der Waals surface area contributed by atoms with Gasteiger partial charge in [-0.1, -0.05) is 24.4 Å². The van der Waals surface area contributed by atoms with Gasteiger partial charge in [0.2, 0.25) is 0 Å². The fourth-order valence-electron chi connectivity index (χ4n) is 3.38. The summed E-state index contributed by atoms with van der Waals surface area (Å²) in [6.45, 7) is 2.70. The maximum absolute atomic E-state index is 6.24. The Kier molecular flexibility index (Phi) is 4.26. The van der Waals surface area contributed by atoms with Gasteiger partial charge in [0.15, 0.2) is 11.5 Å². The Morgan fingerprint density at radius 1 is 1.21 bits per heavy atom. The molecule has 0 bridgehead atoms. The Hall–Kier alpha value is -0.930. The molecule has 1 aromatic rings. The van der Waals surface area contributed by atoms with Crippen molar-refractivity contribution in [3.8, 4) is 11.5 Å². The summed E-state index contributed by atoms with van der Waals surface area (Å²) >= 11 is 6.24. The Bertz CT molecular complexity index is 468. The maximum atomic E-state index is 6.24. The van der Waals surface area contributed by atoms with Crippen LogP contribution in [0.3, 0.4) is 0 Å². The number of halogens is 1. The van der Waals surface area contributed by atoms with Crippen LogP contribution in [0.25, 0.3) is 0 Å². The SMILES string of the molecule is COc1c(Cl)cc(C)c(C2(CN)CCCC2)c1OC. The lowest BCUT2D eigenvalue weighted by molar-refractivity contribution is 0.336. The number of ether oxygens (including phenoxy) is 2. The second-order valence-corrected chi connectivity index (χ2v) is 5.72. The topological polar surface area (TPSA) is 44.5 Å². The largest absolute Gasteiger partial charge is 0.492 e. The molecule has 3 nitrogen and oxygen atoms in total. The van der Waals surface area contributed by atoms with E-state index in [-0.39, 0.29) is 5.41 Å². The van der Waals surface area contributed by atoms with Crippen LogP contribution >= 0.6 is 11.6 Å². The molecule has 1 aliphatic rings. The number of hydrogen-bond donors (Lipinski definition) is 1. The van der Waals surface area contributed by atoms with Crippen molar-refractivity contribution < 1.29 is 9.47 Å². The molecule has 1 aliphatic carbocycles. The van der Waals surface area contributed by atoms with Gasteiger partial charge in [0.05, 0.1) is 19.2 Å². The van der Waals surface area contributed by atoms with Crippen molar-refractivity contribution in [3.05, 3.63) is 22.2 Å². The van der Waals surface area contributed by atoms with Gasteiger partial charge >= 0.3 is 0 Å². The fraction of sp³-hybridized carbons (Fsp3) is 0.600. The normalized spacial score (nSPS) is 17.5. The van der Waals surface area contributed by atoms with Crippen LogP contribution in [0.2, 0.25) is 5.02 Å². The first kappa shape index (κ1) is 14.5. The lowest BCUT2D eigenvalue weighted by Crippen LogP contribution is -2.33. The van der Waals surface area contributed by atoms with Gasteiger partial charge in [0.1, 0.15) is 0 Å². The third-order valence-corrected chi connectivity index (χ3v) is 4.56. The van der Waals surface area contributed by atoms with Gasteiger partial charge in [0.25, 0.3) is 0 Å². The molecule has 0 saturated heterocycles. The first-order valence-electron chi connectivity index (χ1n) is 6.71. The molecule has 4 heteroatoms. The van der Waals surface area contributed by atoms with Gasteiger partial charge < -0.3 is 15.2 Å². The van der Waals surface area contributed by atoms with Crippen molar-refractivity contribution in [2.75, 3.05) is 20.8 Å². The monoisotopic (exact) mass is 283 g/mol. The number of benzene rings is 1. The summed E-state index contributed by atoms with van der Waals surface area (Å²) in [5, 5.41) is 0.589. The van der Waals surface area contributed by atoms with Crippen molar-refractivity contribution in [2.45, 2.75) is 38.0 Å². The van der Waals surface area contributed by atoms with E-state index >= 15 is 0 Å². The molecule has 2 rings (SSSR count). The van der Waals surface area contributed by atoms with Crippen LogP contribution < -0.4 is 15.2 Å². The Morgan fingerprint density at radius 2 is 1.79 bits per heavy atom. The van der Waals surface area contributed by atoms with E-state index < -0.39 is 0 Å². The molecule has 0 heterocycles. The van der Waals surface area contributed by atoms with E-state index in [9.17, 15) is 0 Å². The van der Waals surface area contributed by atoms with E-state index in [0.29, 0.717) is 17.3 Å². The van der Waals surface area contributed by atoms with Crippen molar-refractivity contribution in [2.24, 2.45) is 5.73 Å². The third kappa shape index (κ3) is 2.30. The zero-order valence-electron chi connectivity index (χ0n) is 11.9. The minimum atomic E-state index is 0.00724. The highest BCUT2D eigenvalue weighted by molar-refractivity contribution is 6.32. The van der Waals surface area contributed by atoms with Crippen molar-refractivity contribution in [1.82, 2.24) is 0 Å². The van der Waals surface area contributed by atoms with E-state index in [1.807, 2.05) is 6.07 Å². The highest BCUT2D eigenvalue weighted by Crippen LogP contribution is 2.50. The second-order valence-electron chi connectivity index (χ2n) is 5.31. The Labute approximate surface area is 120 Å². The summed E-state index contributed by atoms with van der Waals surface area (Å²) in [5.41, 5.74) is 8.41. The van der Waals surface area contributed by atoms with Crippen LogP contribution in [0.1, 0.15) is 36.8 Å². The predicted molar refractivity (Wildman–Crippen MR) is 78.5 cm³/mol. The lowest BCUT2D eigenvalue weighted by atomic mass is 9.76. The van der Waals surface area contributed by atoms with Crippen molar-refractivity contribution in [3.63, 3.8) is 0 Å². The molecule has 0 aromatic heterocycles. The van der Waals surface area contributed by atoms with Crippen LogP contribution in [-0.2, 0) is 5.41 Å². The van der Waals surface area contributed by atoms with Gasteiger partial charge in [0, 0.05) is 17.5 Å². The molecule has 0 aliphatic heterocycles. The molecule has 19 heavy (non-hydrogen) atoms. The zero-order valence-corrected chi connectivity index (χ0v) is 12.6. The molecule has 1 saturated carbocycles. The molecule has 0 atom stereocenters. The van der Waals surface area contributed by atoms with Gasteiger partial charge in [-0.05, 0) is 31.4 Å². The average Bonchev–Trinajstić information content (AvgIpc) is 2.87. The van der Waals surface area contributed by atoms with Crippen molar-refractivity contribution >= 4 is 11.6 Å². The van der Waals surface area contributed by atoms with E-state index in [0.717, 1.165) is 24.2 Å². The molecular formula is C15H22ClNO2. The van der Waals surface area contributed by atoms with Gasteiger partial charge in [-0.15, -0.1) is 0 Å². The second kappa shape index (κ2) is 5.59. The molecule has 0 radical (unpaired) electrons. The average molecular weight is 284 g/mol. The lowest BCUT2D eigenvalue weighted by Gasteiger charge is -2.32. The van der Waals surface area contributed by atoms with Crippen LogP contribution in [0, 0.1) is 6.92 Å². The number of aryl methyl sites for hydroxylation is 1. The number of rotatable bonds is 4. The number of hydrogen-bond acceptors (Lipinski definition) is 3. The molecule has 106 valence electrons. The Balaban J connectivity index is 2.67.